The molecule has 1 aromatic rings. The molecule has 1 fully saturated rings. The lowest BCUT2D eigenvalue weighted by atomic mass is 9.91. The third-order valence-corrected chi connectivity index (χ3v) is 5.54. The van der Waals surface area contributed by atoms with Crippen LogP contribution in [0.25, 0.3) is 0 Å². The number of thioether (sulfide) groups is 1. The van der Waals surface area contributed by atoms with Gasteiger partial charge in [-0.2, -0.15) is 11.8 Å². The van der Waals surface area contributed by atoms with E-state index in [4.69, 9.17) is 4.98 Å². The average molecular weight is 270 g/mol. The normalized spacial score (nSPS) is 20.5. The average Bonchev–Trinajstić information content (AvgIpc) is 2.79. The quantitative estimate of drug-likeness (QED) is 0.892. The summed E-state index contributed by atoms with van der Waals surface area (Å²) >= 11 is 3.88. The molecule has 1 aliphatic heterocycles. The second-order valence-corrected chi connectivity index (χ2v) is 7.82. The van der Waals surface area contributed by atoms with Crippen LogP contribution >= 0.6 is 23.1 Å². The van der Waals surface area contributed by atoms with Gasteiger partial charge in [-0.25, -0.2) is 4.98 Å². The van der Waals surface area contributed by atoms with Crippen LogP contribution in [0.4, 0.5) is 0 Å². The van der Waals surface area contributed by atoms with E-state index in [0.29, 0.717) is 0 Å². The number of aromatic nitrogens is 1. The highest BCUT2D eigenvalue weighted by Gasteiger charge is 2.36. The predicted octanol–water partition coefficient (Wildman–Crippen LogP) is 3.38. The second-order valence-electron chi connectivity index (χ2n) is 5.73. The molecule has 0 amide bonds. The molecule has 0 spiro atoms. The maximum absolute atomic E-state index is 4.89. The number of hydrogen-bond acceptors (Lipinski definition) is 4. The van der Waals surface area contributed by atoms with Crippen LogP contribution in [-0.4, -0.2) is 23.5 Å². The van der Waals surface area contributed by atoms with Gasteiger partial charge in [0.05, 0.1) is 11.2 Å². The van der Waals surface area contributed by atoms with Gasteiger partial charge < -0.3 is 5.32 Å². The van der Waals surface area contributed by atoms with E-state index in [-0.39, 0.29) is 11.0 Å². The summed E-state index contributed by atoms with van der Waals surface area (Å²) in [5, 5.41) is 7.05. The molecule has 1 aliphatic rings. The van der Waals surface area contributed by atoms with Gasteiger partial charge in [0.1, 0.15) is 5.01 Å². The third kappa shape index (κ3) is 2.69. The van der Waals surface area contributed by atoms with Crippen LogP contribution in [0.2, 0.25) is 0 Å². The zero-order valence-corrected chi connectivity index (χ0v) is 12.8. The Kier molecular flexibility index (Phi) is 3.86. The van der Waals surface area contributed by atoms with Crippen LogP contribution in [0, 0.1) is 0 Å². The first kappa shape index (κ1) is 13.4. The molecule has 1 saturated heterocycles. The van der Waals surface area contributed by atoms with Gasteiger partial charge in [-0.1, -0.05) is 20.8 Å². The minimum atomic E-state index is 0.138. The van der Waals surface area contributed by atoms with Crippen molar-refractivity contribution in [2.75, 3.05) is 18.6 Å². The molecule has 0 radical (unpaired) electrons. The lowest BCUT2D eigenvalue weighted by molar-refractivity contribution is 0.330. The first-order chi connectivity index (χ1) is 7.98. The van der Waals surface area contributed by atoms with Gasteiger partial charge in [0, 0.05) is 10.8 Å². The molecule has 0 bridgehead atoms. The summed E-state index contributed by atoms with van der Waals surface area (Å²) in [4.78, 5) is 4.89. The summed E-state index contributed by atoms with van der Waals surface area (Å²) in [5.41, 5.74) is 1.53. The molecule has 96 valence electrons. The minimum absolute atomic E-state index is 0.138. The summed E-state index contributed by atoms with van der Waals surface area (Å²) in [6.45, 7) is 6.69. The molecular formula is C13H22N2S2. The first-order valence-corrected chi connectivity index (χ1v) is 8.24. The van der Waals surface area contributed by atoms with E-state index in [2.05, 4.69) is 50.3 Å². The number of nitrogens with one attached hydrogen (secondary N) is 1. The maximum Gasteiger partial charge on any atom is 0.113 e. The Morgan fingerprint density at radius 1 is 1.29 bits per heavy atom. The van der Waals surface area contributed by atoms with Crippen LogP contribution in [0.5, 0.6) is 0 Å². The molecule has 17 heavy (non-hydrogen) atoms. The van der Waals surface area contributed by atoms with Gasteiger partial charge in [-0.05, 0) is 31.4 Å². The molecule has 1 aromatic heterocycles. The molecule has 0 aliphatic carbocycles. The number of thiazole rings is 1. The number of nitrogens with zero attached hydrogens (tertiary/aromatic N) is 1. The first-order valence-electron chi connectivity index (χ1n) is 6.21. The lowest BCUT2D eigenvalue weighted by Gasteiger charge is -2.35. The molecule has 2 rings (SSSR count). The van der Waals surface area contributed by atoms with Gasteiger partial charge in [0.2, 0.25) is 0 Å². The van der Waals surface area contributed by atoms with Crippen molar-refractivity contribution in [1.29, 1.82) is 0 Å². The molecule has 2 heterocycles. The molecule has 0 saturated carbocycles. The molecular weight excluding hydrogens is 248 g/mol. The van der Waals surface area contributed by atoms with Gasteiger partial charge in [0.15, 0.2) is 0 Å². The van der Waals surface area contributed by atoms with Crippen molar-refractivity contribution in [2.24, 2.45) is 0 Å². The fraction of sp³-hybridized carbons (Fsp3) is 0.769. The molecule has 0 aromatic carbocycles. The van der Waals surface area contributed by atoms with E-state index < -0.39 is 0 Å². The Morgan fingerprint density at radius 2 is 1.94 bits per heavy atom. The fourth-order valence-electron chi connectivity index (χ4n) is 2.13. The van der Waals surface area contributed by atoms with Crippen molar-refractivity contribution >= 4 is 23.1 Å². The van der Waals surface area contributed by atoms with Crippen molar-refractivity contribution in [1.82, 2.24) is 10.3 Å². The van der Waals surface area contributed by atoms with E-state index >= 15 is 0 Å². The predicted molar refractivity (Wildman–Crippen MR) is 78.1 cm³/mol. The van der Waals surface area contributed by atoms with Gasteiger partial charge >= 0.3 is 0 Å². The Balaban J connectivity index is 2.28. The van der Waals surface area contributed by atoms with E-state index in [1.54, 1.807) is 0 Å². The standard InChI is InChI=1S/C13H22N2S2/c1-12(2,3)10-9-17-11(15-10)13(14-4)5-7-16-8-6-13/h9,14H,5-8H2,1-4H3. The minimum Gasteiger partial charge on any atom is -0.308 e. The van der Waals surface area contributed by atoms with Crippen molar-refractivity contribution in [3.05, 3.63) is 16.1 Å². The summed E-state index contributed by atoms with van der Waals surface area (Å²) < 4.78 is 0. The van der Waals surface area contributed by atoms with Crippen molar-refractivity contribution < 1.29 is 0 Å². The Hall–Kier alpha value is -0.0600. The highest BCUT2D eigenvalue weighted by molar-refractivity contribution is 7.99. The summed E-state index contributed by atoms with van der Waals surface area (Å²) in [7, 11) is 2.08. The van der Waals surface area contributed by atoms with Crippen molar-refractivity contribution in [2.45, 2.75) is 44.6 Å². The molecule has 4 heteroatoms. The lowest BCUT2D eigenvalue weighted by Crippen LogP contribution is -2.43. The Bertz CT molecular complexity index is 373. The van der Waals surface area contributed by atoms with Crippen molar-refractivity contribution in [3.63, 3.8) is 0 Å². The summed E-state index contributed by atoms with van der Waals surface area (Å²) in [6, 6.07) is 0. The van der Waals surface area contributed by atoms with Crippen LogP contribution in [0.3, 0.4) is 0 Å². The van der Waals surface area contributed by atoms with E-state index in [0.717, 1.165) is 0 Å². The fourth-order valence-corrected chi connectivity index (χ4v) is 4.63. The van der Waals surface area contributed by atoms with Crippen LogP contribution in [0.1, 0.15) is 44.3 Å². The Morgan fingerprint density at radius 3 is 2.41 bits per heavy atom. The number of rotatable bonds is 2. The summed E-state index contributed by atoms with van der Waals surface area (Å²) in [5.74, 6) is 2.48. The maximum atomic E-state index is 4.89. The topological polar surface area (TPSA) is 24.9 Å². The molecule has 2 nitrogen and oxygen atoms in total. The number of hydrogen-bond donors (Lipinski definition) is 1. The Labute approximate surface area is 113 Å². The molecule has 0 unspecified atom stereocenters. The highest BCUT2D eigenvalue weighted by Crippen LogP contribution is 2.38. The molecule has 1 N–H and O–H groups in total. The molecule has 0 atom stereocenters. The van der Waals surface area contributed by atoms with Crippen LogP contribution in [-0.2, 0) is 11.0 Å². The van der Waals surface area contributed by atoms with Crippen LogP contribution < -0.4 is 5.32 Å². The van der Waals surface area contributed by atoms with Gasteiger partial charge in [0.25, 0.3) is 0 Å². The van der Waals surface area contributed by atoms with E-state index in [9.17, 15) is 0 Å². The van der Waals surface area contributed by atoms with E-state index in [1.165, 1.54) is 35.0 Å². The van der Waals surface area contributed by atoms with Crippen molar-refractivity contribution in [3.8, 4) is 0 Å². The zero-order chi connectivity index (χ0) is 12.5. The van der Waals surface area contributed by atoms with Crippen LogP contribution in [0.15, 0.2) is 5.38 Å². The second kappa shape index (κ2) is 4.90. The SMILES string of the molecule is CNC1(c2nc(C(C)(C)C)cs2)CCSCC1. The largest absolute Gasteiger partial charge is 0.308 e. The monoisotopic (exact) mass is 270 g/mol. The van der Waals surface area contributed by atoms with E-state index in [1.807, 2.05) is 11.3 Å². The highest BCUT2D eigenvalue weighted by atomic mass is 32.2. The van der Waals surface area contributed by atoms with Gasteiger partial charge in [-0.15, -0.1) is 11.3 Å². The smallest absolute Gasteiger partial charge is 0.113 e. The third-order valence-electron chi connectivity index (χ3n) is 3.51. The zero-order valence-electron chi connectivity index (χ0n) is 11.2. The van der Waals surface area contributed by atoms with Gasteiger partial charge in [-0.3, -0.25) is 0 Å². The summed E-state index contributed by atoms with van der Waals surface area (Å²) in [6.07, 6.45) is 2.40.